The number of rotatable bonds is 4. The molecule has 1 heterocycles. The highest BCUT2D eigenvalue weighted by atomic mass is 32.2. The number of aromatic nitrogens is 1. The highest BCUT2D eigenvalue weighted by Crippen LogP contribution is 2.34. The van der Waals surface area contributed by atoms with Gasteiger partial charge in [-0.05, 0) is 24.0 Å². The minimum atomic E-state index is -0.521. The Morgan fingerprint density at radius 3 is 2.48 bits per heavy atom. The lowest BCUT2D eigenvalue weighted by Gasteiger charge is -2.02. The van der Waals surface area contributed by atoms with Gasteiger partial charge in [-0.1, -0.05) is 23.5 Å². The predicted octanol–water partition coefficient (Wildman–Crippen LogP) is 3.28. The third-order valence-corrected chi connectivity index (χ3v) is 4.40. The van der Waals surface area contributed by atoms with E-state index in [1.165, 1.54) is 25.4 Å². The SMILES string of the molecule is COC(=O)c1nc(NC(C)=O)sc1-c1ccc(SC)cc1. The molecule has 2 rings (SSSR count). The summed E-state index contributed by atoms with van der Waals surface area (Å²) < 4.78 is 4.75. The second-order valence-electron chi connectivity index (χ2n) is 4.10. The van der Waals surface area contributed by atoms with Gasteiger partial charge in [-0.25, -0.2) is 9.78 Å². The van der Waals surface area contributed by atoms with Crippen molar-refractivity contribution in [2.24, 2.45) is 0 Å². The summed E-state index contributed by atoms with van der Waals surface area (Å²) in [7, 11) is 1.31. The smallest absolute Gasteiger partial charge is 0.358 e. The monoisotopic (exact) mass is 322 g/mol. The molecule has 0 radical (unpaired) electrons. The van der Waals surface area contributed by atoms with E-state index in [-0.39, 0.29) is 11.6 Å². The molecule has 0 unspecified atom stereocenters. The molecule has 0 aliphatic rings. The van der Waals surface area contributed by atoms with Crippen molar-refractivity contribution in [3.8, 4) is 10.4 Å². The average molecular weight is 322 g/mol. The van der Waals surface area contributed by atoms with E-state index in [0.717, 1.165) is 10.5 Å². The van der Waals surface area contributed by atoms with Crippen LogP contribution in [-0.2, 0) is 9.53 Å². The lowest BCUT2D eigenvalue weighted by molar-refractivity contribution is -0.114. The van der Waals surface area contributed by atoms with Crippen LogP contribution in [0.3, 0.4) is 0 Å². The second-order valence-corrected chi connectivity index (χ2v) is 5.98. The van der Waals surface area contributed by atoms with Gasteiger partial charge in [-0.2, -0.15) is 0 Å². The molecule has 2 aromatic rings. The number of carbonyl (C=O) groups is 2. The van der Waals surface area contributed by atoms with Crippen LogP contribution in [0.25, 0.3) is 10.4 Å². The fraction of sp³-hybridized carbons (Fsp3) is 0.214. The maximum atomic E-state index is 11.8. The zero-order valence-electron chi connectivity index (χ0n) is 11.8. The Kier molecular flexibility index (Phi) is 4.98. The van der Waals surface area contributed by atoms with Gasteiger partial charge in [0.1, 0.15) is 0 Å². The van der Waals surface area contributed by atoms with Crippen LogP contribution >= 0.6 is 23.1 Å². The van der Waals surface area contributed by atoms with Crippen LogP contribution in [0.5, 0.6) is 0 Å². The Hall–Kier alpha value is -1.86. The van der Waals surface area contributed by atoms with Crippen molar-refractivity contribution < 1.29 is 14.3 Å². The minimum Gasteiger partial charge on any atom is -0.464 e. The summed E-state index contributed by atoms with van der Waals surface area (Å²) in [5.74, 6) is -0.753. The van der Waals surface area contributed by atoms with E-state index in [1.54, 1.807) is 11.8 Å². The van der Waals surface area contributed by atoms with Gasteiger partial charge in [0.25, 0.3) is 0 Å². The number of thioether (sulfide) groups is 1. The van der Waals surface area contributed by atoms with Gasteiger partial charge >= 0.3 is 5.97 Å². The molecule has 0 saturated carbocycles. The van der Waals surface area contributed by atoms with Crippen molar-refractivity contribution in [3.63, 3.8) is 0 Å². The summed E-state index contributed by atoms with van der Waals surface area (Å²) in [4.78, 5) is 28.9. The first-order valence-corrected chi connectivity index (χ1v) is 8.10. The molecule has 1 aromatic heterocycles. The van der Waals surface area contributed by atoms with E-state index in [9.17, 15) is 9.59 Å². The largest absolute Gasteiger partial charge is 0.464 e. The zero-order chi connectivity index (χ0) is 15.4. The number of amides is 1. The maximum absolute atomic E-state index is 11.8. The summed E-state index contributed by atoms with van der Waals surface area (Å²) in [6, 6.07) is 7.78. The fourth-order valence-corrected chi connectivity index (χ4v) is 3.11. The van der Waals surface area contributed by atoms with Gasteiger partial charge in [0.2, 0.25) is 5.91 Å². The highest BCUT2D eigenvalue weighted by molar-refractivity contribution is 7.98. The molecular weight excluding hydrogens is 308 g/mol. The summed E-state index contributed by atoms with van der Waals surface area (Å²) in [6.07, 6.45) is 2.00. The van der Waals surface area contributed by atoms with E-state index in [0.29, 0.717) is 10.0 Å². The van der Waals surface area contributed by atoms with Crippen molar-refractivity contribution in [2.75, 3.05) is 18.7 Å². The van der Waals surface area contributed by atoms with Crippen molar-refractivity contribution in [1.82, 2.24) is 4.98 Å². The molecule has 0 fully saturated rings. The molecule has 1 N–H and O–H groups in total. The molecule has 0 aliphatic carbocycles. The van der Waals surface area contributed by atoms with Gasteiger partial charge in [0.15, 0.2) is 10.8 Å². The number of carbonyl (C=O) groups excluding carboxylic acids is 2. The summed E-state index contributed by atoms with van der Waals surface area (Å²) >= 11 is 2.89. The minimum absolute atomic E-state index is 0.211. The van der Waals surface area contributed by atoms with Crippen LogP contribution in [-0.4, -0.2) is 30.2 Å². The molecule has 0 saturated heterocycles. The van der Waals surface area contributed by atoms with Crippen LogP contribution < -0.4 is 5.32 Å². The summed E-state index contributed by atoms with van der Waals surface area (Å²) in [6.45, 7) is 1.39. The van der Waals surface area contributed by atoms with Gasteiger partial charge < -0.3 is 10.1 Å². The molecule has 0 spiro atoms. The number of benzene rings is 1. The Labute approximate surface area is 130 Å². The lowest BCUT2D eigenvalue weighted by atomic mass is 10.1. The molecular formula is C14H14N2O3S2. The Morgan fingerprint density at radius 1 is 1.29 bits per heavy atom. The number of ether oxygens (including phenoxy) is 1. The average Bonchev–Trinajstić information content (AvgIpc) is 2.89. The molecule has 0 aliphatic heterocycles. The molecule has 5 nitrogen and oxygen atoms in total. The first-order valence-electron chi connectivity index (χ1n) is 6.06. The Bertz CT molecular complexity index is 665. The van der Waals surface area contributed by atoms with Crippen LogP contribution in [0.1, 0.15) is 17.4 Å². The summed E-state index contributed by atoms with van der Waals surface area (Å²) in [5.41, 5.74) is 1.07. The number of thiazole rings is 1. The van der Waals surface area contributed by atoms with E-state index in [1.807, 2.05) is 30.5 Å². The van der Waals surface area contributed by atoms with Crippen LogP contribution in [0.15, 0.2) is 29.2 Å². The highest BCUT2D eigenvalue weighted by Gasteiger charge is 2.20. The maximum Gasteiger partial charge on any atom is 0.358 e. The topological polar surface area (TPSA) is 68.3 Å². The lowest BCUT2D eigenvalue weighted by Crippen LogP contribution is -2.07. The third-order valence-electron chi connectivity index (χ3n) is 2.64. The summed E-state index contributed by atoms with van der Waals surface area (Å²) in [5, 5.41) is 2.97. The first-order chi connectivity index (χ1) is 10.0. The van der Waals surface area contributed by atoms with E-state index in [4.69, 9.17) is 4.74 Å². The van der Waals surface area contributed by atoms with Crippen LogP contribution in [0, 0.1) is 0 Å². The number of nitrogens with one attached hydrogen (secondary N) is 1. The Balaban J connectivity index is 2.45. The van der Waals surface area contributed by atoms with Gasteiger partial charge in [0, 0.05) is 11.8 Å². The van der Waals surface area contributed by atoms with Crippen molar-refractivity contribution >= 4 is 40.1 Å². The second kappa shape index (κ2) is 6.73. The zero-order valence-corrected chi connectivity index (χ0v) is 13.4. The van der Waals surface area contributed by atoms with Gasteiger partial charge in [-0.3, -0.25) is 4.79 Å². The van der Waals surface area contributed by atoms with Crippen molar-refractivity contribution in [1.29, 1.82) is 0 Å². The standard InChI is InChI=1S/C14H14N2O3S2/c1-8(17)15-14-16-11(13(18)19-2)12(21-14)9-4-6-10(20-3)7-5-9/h4-7H,1-3H3,(H,15,16,17). The molecule has 1 aromatic carbocycles. The van der Waals surface area contributed by atoms with E-state index in [2.05, 4.69) is 10.3 Å². The van der Waals surface area contributed by atoms with Crippen LogP contribution in [0.2, 0.25) is 0 Å². The van der Waals surface area contributed by atoms with E-state index >= 15 is 0 Å². The molecule has 21 heavy (non-hydrogen) atoms. The number of esters is 1. The van der Waals surface area contributed by atoms with Crippen molar-refractivity contribution in [2.45, 2.75) is 11.8 Å². The molecule has 110 valence electrons. The molecule has 0 bridgehead atoms. The molecule has 7 heteroatoms. The number of anilines is 1. The number of methoxy groups -OCH3 is 1. The number of hydrogen-bond acceptors (Lipinski definition) is 6. The van der Waals surface area contributed by atoms with Crippen molar-refractivity contribution in [3.05, 3.63) is 30.0 Å². The Morgan fingerprint density at radius 2 is 1.95 bits per heavy atom. The predicted molar refractivity (Wildman–Crippen MR) is 85.0 cm³/mol. The normalized spacial score (nSPS) is 10.2. The van der Waals surface area contributed by atoms with Crippen LogP contribution in [0.4, 0.5) is 5.13 Å². The van der Waals surface area contributed by atoms with E-state index < -0.39 is 5.97 Å². The third kappa shape index (κ3) is 3.62. The molecule has 1 amide bonds. The molecule has 0 atom stereocenters. The number of hydrogen-bond donors (Lipinski definition) is 1. The number of nitrogens with zero attached hydrogens (tertiary/aromatic N) is 1. The van der Waals surface area contributed by atoms with Gasteiger partial charge in [0.05, 0.1) is 12.0 Å². The quantitative estimate of drug-likeness (QED) is 0.691. The first kappa shape index (κ1) is 15.5. The fourth-order valence-electron chi connectivity index (χ4n) is 1.70. The van der Waals surface area contributed by atoms with Gasteiger partial charge in [-0.15, -0.1) is 11.8 Å².